The summed E-state index contributed by atoms with van der Waals surface area (Å²) in [4.78, 5) is 4.26. The normalized spacial score (nSPS) is 10.2. The van der Waals surface area contributed by atoms with Crippen LogP contribution in [0.5, 0.6) is 11.5 Å². The molecule has 2 aromatic carbocycles. The van der Waals surface area contributed by atoms with Crippen molar-refractivity contribution in [2.75, 3.05) is 0 Å². The molecule has 1 aromatic heterocycles. The second kappa shape index (κ2) is 4.98. The van der Waals surface area contributed by atoms with Crippen LogP contribution >= 0.6 is 0 Å². The number of nitrogens with zero attached hydrogens (tertiary/aromatic N) is 2. The van der Waals surface area contributed by atoms with Crippen LogP contribution in [-0.4, -0.2) is 4.98 Å². The molecular formula is C16H9FN2O. The summed E-state index contributed by atoms with van der Waals surface area (Å²) in [5.74, 6) is 0.296. The number of ether oxygens (including phenoxy) is 1. The van der Waals surface area contributed by atoms with Crippen molar-refractivity contribution < 1.29 is 9.13 Å². The Morgan fingerprint density at radius 2 is 1.95 bits per heavy atom. The van der Waals surface area contributed by atoms with Gasteiger partial charge in [-0.3, -0.25) is 4.98 Å². The van der Waals surface area contributed by atoms with Crippen molar-refractivity contribution >= 4 is 10.9 Å². The third-order valence-corrected chi connectivity index (χ3v) is 2.82. The molecule has 20 heavy (non-hydrogen) atoms. The largest absolute Gasteiger partial charge is 0.455 e. The first-order chi connectivity index (χ1) is 9.76. The molecule has 0 N–H and O–H groups in total. The van der Waals surface area contributed by atoms with Gasteiger partial charge in [-0.05, 0) is 24.3 Å². The summed E-state index contributed by atoms with van der Waals surface area (Å²) < 4.78 is 19.0. The second-order valence-electron chi connectivity index (χ2n) is 4.22. The maximum atomic E-state index is 13.4. The third-order valence-electron chi connectivity index (χ3n) is 2.82. The number of hydrogen-bond acceptors (Lipinski definition) is 3. The van der Waals surface area contributed by atoms with Crippen LogP contribution in [0.15, 0.2) is 54.7 Å². The second-order valence-corrected chi connectivity index (χ2v) is 4.22. The van der Waals surface area contributed by atoms with Crippen LogP contribution in [-0.2, 0) is 0 Å². The molecule has 4 heteroatoms. The highest BCUT2D eigenvalue weighted by atomic mass is 19.1. The zero-order chi connectivity index (χ0) is 13.9. The molecule has 3 aromatic rings. The fraction of sp³-hybridized carbons (Fsp3) is 0. The lowest BCUT2D eigenvalue weighted by Crippen LogP contribution is -1.90. The Kier molecular flexibility index (Phi) is 3.02. The first-order valence-electron chi connectivity index (χ1n) is 5.98. The number of benzene rings is 2. The SMILES string of the molecule is N#Cc1cc(F)cc(Oc2cccc3cccnc23)c1. The maximum absolute atomic E-state index is 13.4. The first-order valence-corrected chi connectivity index (χ1v) is 5.98. The van der Waals surface area contributed by atoms with E-state index in [-0.39, 0.29) is 11.3 Å². The Balaban J connectivity index is 2.06. The molecule has 3 rings (SSSR count). The topological polar surface area (TPSA) is 45.9 Å². The van der Waals surface area contributed by atoms with Crippen LogP contribution in [0.25, 0.3) is 10.9 Å². The molecule has 0 fully saturated rings. The molecule has 96 valence electrons. The van der Waals surface area contributed by atoms with E-state index in [0.717, 1.165) is 11.5 Å². The van der Waals surface area contributed by atoms with Crippen LogP contribution in [0.3, 0.4) is 0 Å². The van der Waals surface area contributed by atoms with Crippen molar-refractivity contribution in [1.29, 1.82) is 5.26 Å². The molecule has 0 saturated carbocycles. The zero-order valence-electron chi connectivity index (χ0n) is 10.4. The molecule has 0 atom stereocenters. The van der Waals surface area contributed by atoms with E-state index in [2.05, 4.69) is 4.98 Å². The molecule has 0 amide bonds. The van der Waals surface area contributed by atoms with Gasteiger partial charge in [0.15, 0.2) is 5.75 Å². The Morgan fingerprint density at radius 3 is 2.80 bits per heavy atom. The van der Waals surface area contributed by atoms with Crippen molar-refractivity contribution in [2.24, 2.45) is 0 Å². The number of nitriles is 1. The van der Waals surface area contributed by atoms with Gasteiger partial charge in [0.1, 0.15) is 17.1 Å². The number of aromatic nitrogens is 1. The van der Waals surface area contributed by atoms with Crippen LogP contribution in [0.1, 0.15) is 5.56 Å². The average Bonchev–Trinajstić information content (AvgIpc) is 2.47. The molecule has 0 unspecified atom stereocenters. The minimum absolute atomic E-state index is 0.216. The summed E-state index contributed by atoms with van der Waals surface area (Å²) in [6, 6.07) is 15.1. The minimum Gasteiger partial charge on any atom is -0.455 e. The van der Waals surface area contributed by atoms with Gasteiger partial charge in [0.05, 0.1) is 11.6 Å². The quantitative estimate of drug-likeness (QED) is 0.701. The molecule has 0 spiro atoms. The van der Waals surface area contributed by atoms with Crippen molar-refractivity contribution in [3.63, 3.8) is 0 Å². The fourth-order valence-electron chi connectivity index (χ4n) is 1.97. The van der Waals surface area contributed by atoms with E-state index >= 15 is 0 Å². The van der Waals surface area contributed by atoms with Gasteiger partial charge in [0.25, 0.3) is 0 Å². The van der Waals surface area contributed by atoms with Gasteiger partial charge >= 0.3 is 0 Å². The number of fused-ring (bicyclic) bond motifs is 1. The Morgan fingerprint density at radius 1 is 1.10 bits per heavy atom. The van der Waals surface area contributed by atoms with Gasteiger partial charge in [0, 0.05) is 17.6 Å². The Labute approximate surface area is 114 Å². The zero-order valence-corrected chi connectivity index (χ0v) is 10.4. The number of pyridine rings is 1. The van der Waals surface area contributed by atoms with Crippen LogP contribution in [0, 0.1) is 17.1 Å². The smallest absolute Gasteiger partial charge is 0.153 e. The molecule has 0 radical (unpaired) electrons. The standard InChI is InChI=1S/C16H9FN2O/c17-13-7-11(10-18)8-14(9-13)20-15-5-1-3-12-4-2-6-19-16(12)15/h1-9H. The van der Waals surface area contributed by atoms with Crippen molar-refractivity contribution in [3.8, 4) is 17.6 Å². The van der Waals surface area contributed by atoms with E-state index in [1.54, 1.807) is 12.3 Å². The van der Waals surface area contributed by atoms with Crippen LogP contribution < -0.4 is 4.74 Å². The van der Waals surface area contributed by atoms with Gasteiger partial charge in [-0.2, -0.15) is 5.26 Å². The monoisotopic (exact) mass is 264 g/mol. The minimum atomic E-state index is -0.507. The highest BCUT2D eigenvalue weighted by Gasteiger charge is 2.06. The van der Waals surface area contributed by atoms with Crippen molar-refractivity contribution in [1.82, 2.24) is 4.98 Å². The summed E-state index contributed by atoms with van der Waals surface area (Å²) in [7, 11) is 0. The lowest BCUT2D eigenvalue weighted by molar-refractivity contribution is 0.481. The highest BCUT2D eigenvalue weighted by molar-refractivity contribution is 5.84. The molecule has 0 aliphatic heterocycles. The summed E-state index contributed by atoms with van der Waals surface area (Å²) in [6.07, 6.45) is 1.67. The molecule has 0 bridgehead atoms. The summed E-state index contributed by atoms with van der Waals surface area (Å²) >= 11 is 0. The van der Waals surface area contributed by atoms with Gasteiger partial charge in [-0.1, -0.05) is 18.2 Å². The lowest BCUT2D eigenvalue weighted by atomic mass is 10.2. The average molecular weight is 264 g/mol. The Bertz CT molecular complexity index is 819. The first kappa shape index (κ1) is 12.1. The van der Waals surface area contributed by atoms with Crippen LogP contribution in [0.2, 0.25) is 0 Å². The number of para-hydroxylation sites is 1. The highest BCUT2D eigenvalue weighted by Crippen LogP contribution is 2.29. The predicted octanol–water partition coefficient (Wildman–Crippen LogP) is 4.04. The van der Waals surface area contributed by atoms with Gasteiger partial charge < -0.3 is 4.74 Å². The molecular weight excluding hydrogens is 255 g/mol. The van der Waals surface area contributed by atoms with E-state index in [9.17, 15) is 4.39 Å². The van der Waals surface area contributed by atoms with E-state index < -0.39 is 5.82 Å². The molecule has 0 aliphatic rings. The lowest BCUT2D eigenvalue weighted by Gasteiger charge is -2.08. The van der Waals surface area contributed by atoms with E-state index in [1.807, 2.05) is 30.3 Å². The van der Waals surface area contributed by atoms with Gasteiger partial charge in [-0.15, -0.1) is 0 Å². The molecule has 1 heterocycles. The van der Waals surface area contributed by atoms with E-state index in [0.29, 0.717) is 11.3 Å². The number of halogens is 1. The summed E-state index contributed by atoms with van der Waals surface area (Å²) in [5.41, 5.74) is 0.908. The maximum Gasteiger partial charge on any atom is 0.153 e. The molecule has 0 aliphatic carbocycles. The van der Waals surface area contributed by atoms with Crippen LogP contribution in [0.4, 0.5) is 4.39 Å². The molecule has 3 nitrogen and oxygen atoms in total. The third kappa shape index (κ3) is 2.29. The number of hydrogen-bond donors (Lipinski definition) is 0. The number of rotatable bonds is 2. The van der Waals surface area contributed by atoms with Gasteiger partial charge in [0.2, 0.25) is 0 Å². The van der Waals surface area contributed by atoms with E-state index in [1.165, 1.54) is 12.1 Å². The van der Waals surface area contributed by atoms with E-state index in [4.69, 9.17) is 10.00 Å². The van der Waals surface area contributed by atoms with Gasteiger partial charge in [-0.25, -0.2) is 4.39 Å². The molecule has 0 saturated heterocycles. The summed E-state index contributed by atoms with van der Waals surface area (Å²) in [5, 5.41) is 9.77. The predicted molar refractivity (Wildman–Crippen MR) is 72.9 cm³/mol. The fourth-order valence-corrected chi connectivity index (χ4v) is 1.97. The Hall–Kier alpha value is -2.93. The van der Waals surface area contributed by atoms with Crippen molar-refractivity contribution in [3.05, 3.63) is 66.1 Å². The summed E-state index contributed by atoms with van der Waals surface area (Å²) in [6.45, 7) is 0. The van der Waals surface area contributed by atoms with Crippen molar-refractivity contribution in [2.45, 2.75) is 0 Å².